The molecule has 0 spiro atoms. The molecule has 0 aliphatic heterocycles. The third-order valence-electron chi connectivity index (χ3n) is 4.68. The van der Waals surface area contributed by atoms with E-state index in [0.29, 0.717) is 5.75 Å². The number of likely N-dealkylation sites (N-methyl/N-ethyl adjacent to an activating group) is 1. The molecule has 1 unspecified atom stereocenters. The van der Waals surface area contributed by atoms with Crippen LogP contribution in [0.5, 0.6) is 5.75 Å². The van der Waals surface area contributed by atoms with Gasteiger partial charge in [-0.2, -0.15) is 0 Å². The van der Waals surface area contributed by atoms with Crippen LogP contribution >= 0.6 is 0 Å². The van der Waals surface area contributed by atoms with Crippen LogP contribution in [-0.4, -0.2) is 18.7 Å². The highest BCUT2D eigenvalue weighted by molar-refractivity contribution is 5.39. The van der Waals surface area contributed by atoms with Crippen LogP contribution in [0.4, 0.5) is 0 Å². The Morgan fingerprint density at radius 1 is 1.10 bits per heavy atom. The van der Waals surface area contributed by atoms with Crippen LogP contribution in [-0.2, 0) is 18.3 Å². The fraction of sp³-hybridized carbons (Fsp3) is 0.368. The van der Waals surface area contributed by atoms with Crippen molar-refractivity contribution in [2.75, 3.05) is 13.6 Å². The number of hydrogen-bond donors (Lipinski definition) is 2. The van der Waals surface area contributed by atoms with Gasteiger partial charge in [-0.1, -0.05) is 36.4 Å². The topological polar surface area (TPSA) is 32.3 Å². The Hall–Kier alpha value is -1.80. The second kappa shape index (κ2) is 5.90. The largest absolute Gasteiger partial charge is 0.508 e. The maximum atomic E-state index is 9.48. The molecule has 3 rings (SSSR count). The van der Waals surface area contributed by atoms with E-state index in [1.54, 1.807) is 12.1 Å². The summed E-state index contributed by atoms with van der Waals surface area (Å²) in [6, 6.07) is 16.5. The van der Waals surface area contributed by atoms with Gasteiger partial charge in [-0.15, -0.1) is 0 Å². The Morgan fingerprint density at radius 2 is 1.86 bits per heavy atom. The molecule has 0 aromatic heterocycles. The van der Waals surface area contributed by atoms with Crippen LogP contribution in [0, 0.1) is 0 Å². The molecule has 2 aromatic rings. The standard InChI is InChI=1S/C19H23NO/c1-20-14-19(13-15-8-10-17(21)11-9-15)12-4-6-16-5-2-3-7-18(16)19/h2-3,5,7-11,20-21H,4,6,12-14H2,1H3. The smallest absolute Gasteiger partial charge is 0.115 e. The summed E-state index contributed by atoms with van der Waals surface area (Å²) in [6.07, 6.45) is 4.67. The summed E-state index contributed by atoms with van der Waals surface area (Å²) in [5.41, 5.74) is 4.46. The lowest BCUT2D eigenvalue weighted by Crippen LogP contribution is -2.41. The summed E-state index contributed by atoms with van der Waals surface area (Å²) in [7, 11) is 2.04. The van der Waals surface area contributed by atoms with Gasteiger partial charge in [0.2, 0.25) is 0 Å². The summed E-state index contributed by atoms with van der Waals surface area (Å²) in [5.74, 6) is 0.338. The van der Waals surface area contributed by atoms with Crippen molar-refractivity contribution in [3.05, 3.63) is 65.2 Å². The van der Waals surface area contributed by atoms with Gasteiger partial charge in [0.25, 0.3) is 0 Å². The average Bonchev–Trinajstić information content (AvgIpc) is 2.51. The lowest BCUT2D eigenvalue weighted by Gasteiger charge is -2.39. The zero-order valence-corrected chi connectivity index (χ0v) is 12.6. The third kappa shape index (κ3) is 2.81. The van der Waals surface area contributed by atoms with Crippen molar-refractivity contribution in [1.82, 2.24) is 5.32 Å². The van der Waals surface area contributed by atoms with E-state index in [0.717, 1.165) is 13.0 Å². The molecule has 110 valence electrons. The van der Waals surface area contributed by atoms with Crippen LogP contribution in [0.15, 0.2) is 48.5 Å². The number of benzene rings is 2. The van der Waals surface area contributed by atoms with Crippen LogP contribution in [0.1, 0.15) is 29.5 Å². The van der Waals surface area contributed by atoms with Crippen molar-refractivity contribution in [2.24, 2.45) is 0 Å². The molecule has 0 amide bonds. The maximum Gasteiger partial charge on any atom is 0.115 e. The molecule has 0 saturated heterocycles. The summed E-state index contributed by atoms with van der Waals surface area (Å²) in [6.45, 7) is 0.991. The molecule has 2 heteroatoms. The van der Waals surface area contributed by atoms with Gasteiger partial charge in [0, 0.05) is 12.0 Å². The third-order valence-corrected chi connectivity index (χ3v) is 4.68. The van der Waals surface area contributed by atoms with Crippen molar-refractivity contribution in [1.29, 1.82) is 0 Å². The van der Waals surface area contributed by atoms with Gasteiger partial charge in [-0.25, -0.2) is 0 Å². The normalized spacial score (nSPS) is 21.0. The highest BCUT2D eigenvalue weighted by atomic mass is 16.3. The van der Waals surface area contributed by atoms with Gasteiger partial charge in [0.05, 0.1) is 0 Å². The van der Waals surface area contributed by atoms with Crippen LogP contribution in [0.25, 0.3) is 0 Å². The second-order valence-electron chi connectivity index (χ2n) is 6.16. The Morgan fingerprint density at radius 3 is 2.62 bits per heavy atom. The summed E-state index contributed by atoms with van der Waals surface area (Å²) < 4.78 is 0. The molecule has 1 aliphatic rings. The molecular formula is C19H23NO. The first kappa shape index (κ1) is 14.2. The Kier molecular flexibility index (Phi) is 3.98. The molecule has 0 heterocycles. The predicted molar refractivity (Wildman–Crippen MR) is 86.8 cm³/mol. The molecule has 21 heavy (non-hydrogen) atoms. The average molecular weight is 281 g/mol. The minimum Gasteiger partial charge on any atom is -0.508 e. The zero-order valence-electron chi connectivity index (χ0n) is 12.6. The second-order valence-corrected chi connectivity index (χ2v) is 6.16. The number of nitrogens with one attached hydrogen (secondary N) is 1. The SMILES string of the molecule is CNCC1(Cc2ccc(O)cc2)CCCc2ccccc21. The van der Waals surface area contributed by atoms with Crippen molar-refractivity contribution in [2.45, 2.75) is 31.1 Å². The van der Waals surface area contributed by atoms with Gasteiger partial charge in [-0.05, 0) is 61.6 Å². The van der Waals surface area contributed by atoms with Crippen LogP contribution < -0.4 is 5.32 Å². The van der Waals surface area contributed by atoms with Crippen LogP contribution in [0.2, 0.25) is 0 Å². The van der Waals surface area contributed by atoms with Gasteiger partial charge in [0.15, 0.2) is 0 Å². The monoisotopic (exact) mass is 281 g/mol. The zero-order chi connectivity index (χ0) is 14.7. The lowest BCUT2D eigenvalue weighted by atomic mass is 9.66. The Bertz CT molecular complexity index is 605. The van der Waals surface area contributed by atoms with Crippen molar-refractivity contribution < 1.29 is 5.11 Å². The first-order valence-electron chi connectivity index (χ1n) is 7.74. The van der Waals surface area contributed by atoms with Gasteiger partial charge >= 0.3 is 0 Å². The number of rotatable bonds is 4. The molecule has 0 bridgehead atoms. The van der Waals surface area contributed by atoms with Crippen molar-refractivity contribution >= 4 is 0 Å². The number of hydrogen-bond acceptors (Lipinski definition) is 2. The van der Waals surface area contributed by atoms with E-state index in [2.05, 4.69) is 29.6 Å². The molecule has 2 nitrogen and oxygen atoms in total. The van der Waals surface area contributed by atoms with E-state index in [-0.39, 0.29) is 5.41 Å². The number of fused-ring (bicyclic) bond motifs is 1. The van der Waals surface area contributed by atoms with E-state index >= 15 is 0 Å². The quantitative estimate of drug-likeness (QED) is 0.900. The van der Waals surface area contributed by atoms with Crippen LogP contribution in [0.3, 0.4) is 0 Å². The Balaban J connectivity index is 1.99. The number of phenolic OH excluding ortho intramolecular Hbond substituents is 1. The van der Waals surface area contributed by atoms with E-state index < -0.39 is 0 Å². The molecule has 0 saturated carbocycles. The van der Waals surface area contributed by atoms with E-state index in [1.165, 1.54) is 36.0 Å². The molecule has 1 atom stereocenters. The van der Waals surface area contributed by atoms with E-state index in [4.69, 9.17) is 0 Å². The fourth-order valence-electron chi connectivity index (χ4n) is 3.78. The van der Waals surface area contributed by atoms with Gasteiger partial charge in [0.1, 0.15) is 5.75 Å². The fourth-order valence-corrected chi connectivity index (χ4v) is 3.78. The summed E-state index contributed by atoms with van der Waals surface area (Å²) in [5, 5.41) is 12.9. The molecule has 1 aliphatic carbocycles. The highest BCUT2D eigenvalue weighted by Gasteiger charge is 2.35. The van der Waals surface area contributed by atoms with Gasteiger partial charge in [-0.3, -0.25) is 0 Å². The minimum atomic E-state index is 0.167. The van der Waals surface area contributed by atoms with Crippen molar-refractivity contribution in [3.63, 3.8) is 0 Å². The molecule has 0 radical (unpaired) electrons. The number of aryl methyl sites for hydroxylation is 1. The highest BCUT2D eigenvalue weighted by Crippen LogP contribution is 2.39. The Labute approximate surface area is 126 Å². The summed E-state index contributed by atoms with van der Waals surface area (Å²) >= 11 is 0. The minimum absolute atomic E-state index is 0.167. The summed E-state index contributed by atoms with van der Waals surface area (Å²) in [4.78, 5) is 0. The lowest BCUT2D eigenvalue weighted by molar-refractivity contribution is 0.345. The van der Waals surface area contributed by atoms with Gasteiger partial charge < -0.3 is 10.4 Å². The first-order valence-corrected chi connectivity index (χ1v) is 7.74. The predicted octanol–water partition coefficient (Wildman–Crippen LogP) is 3.43. The molecule has 2 aromatic carbocycles. The maximum absolute atomic E-state index is 9.48. The molecule has 0 fully saturated rings. The van der Waals surface area contributed by atoms with Crippen molar-refractivity contribution in [3.8, 4) is 5.75 Å². The van der Waals surface area contributed by atoms with E-state index in [9.17, 15) is 5.11 Å². The first-order chi connectivity index (χ1) is 10.2. The van der Waals surface area contributed by atoms with E-state index in [1.807, 2.05) is 19.2 Å². The molecular weight excluding hydrogens is 258 g/mol. The molecule has 2 N–H and O–H groups in total. The number of phenols is 1. The number of aromatic hydroxyl groups is 1.